The Balaban J connectivity index is 1.68. The number of ether oxygens (including phenoxy) is 3. The third kappa shape index (κ3) is 4.57. The molecule has 0 spiro atoms. The van der Waals surface area contributed by atoms with Crippen LogP contribution in [0.1, 0.15) is 11.1 Å². The number of fused-ring (bicyclic) bond motifs is 1. The number of pyridine rings is 1. The summed E-state index contributed by atoms with van der Waals surface area (Å²) < 4.78 is 15.7. The van der Waals surface area contributed by atoms with Crippen molar-refractivity contribution in [1.29, 1.82) is 0 Å². The highest BCUT2D eigenvalue weighted by atomic mass is 35.5. The number of halogens is 1. The zero-order chi connectivity index (χ0) is 19.2. The van der Waals surface area contributed by atoms with Crippen molar-refractivity contribution in [2.75, 3.05) is 14.2 Å². The summed E-state index contributed by atoms with van der Waals surface area (Å²) in [5.74, 6) is 0.780. The van der Waals surface area contributed by atoms with E-state index in [2.05, 4.69) is 4.98 Å². The minimum Gasteiger partial charge on any atom is -0.497 e. The first-order valence-electron chi connectivity index (χ1n) is 8.21. The monoisotopic (exact) mass is 383 g/mol. The van der Waals surface area contributed by atoms with E-state index in [-0.39, 0.29) is 6.61 Å². The highest BCUT2D eigenvalue weighted by molar-refractivity contribution is 6.30. The van der Waals surface area contributed by atoms with Crippen LogP contribution >= 0.6 is 11.6 Å². The van der Waals surface area contributed by atoms with Crippen molar-refractivity contribution in [3.05, 3.63) is 70.9 Å². The average Bonchev–Trinajstić information content (AvgIpc) is 2.70. The molecule has 6 heteroatoms. The molecule has 1 heterocycles. The third-order valence-electron chi connectivity index (χ3n) is 3.96. The molecule has 0 aliphatic rings. The number of carbonyl (C=O) groups excluding carboxylic acids is 1. The van der Waals surface area contributed by atoms with Gasteiger partial charge in [0, 0.05) is 28.7 Å². The second-order valence-electron chi connectivity index (χ2n) is 5.68. The number of aromatic nitrogens is 1. The van der Waals surface area contributed by atoms with Crippen molar-refractivity contribution in [2.45, 2.75) is 6.61 Å². The quantitative estimate of drug-likeness (QED) is 0.352. The van der Waals surface area contributed by atoms with Gasteiger partial charge in [0.15, 0.2) is 0 Å². The Morgan fingerprint density at radius 2 is 1.93 bits per heavy atom. The Kier molecular flexibility index (Phi) is 5.94. The van der Waals surface area contributed by atoms with Crippen LogP contribution < -0.4 is 9.47 Å². The predicted molar refractivity (Wildman–Crippen MR) is 105 cm³/mol. The molecule has 0 saturated heterocycles. The van der Waals surface area contributed by atoms with E-state index in [1.165, 1.54) is 6.08 Å². The number of carbonyl (C=O) groups is 1. The van der Waals surface area contributed by atoms with Gasteiger partial charge in [-0.1, -0.05) is 29.8 Å². The second-order valence-corrected chi connectivity index (χ2v) is 6.04. The molecule has 0 bridgehead atoms. The number of esters is 1. The first-order chi connectivity index (χ1) is 13.1. The van der Waals surface area contributed by atoms with E-state index < -0.39 is 5.97 Å². The van der Waals surface area contributed by atoms with Crippen LogP contribution in [0.25, 0.3) is 17.0 Å². The molecule has 3 rings (SSSR count). The van der Waals surface area contributed by atoms with E-state index in [1.807, 2.05) is 30.3 Å². The van der Waals surface area contributed by atoms with Crippen molar-refractivity contribution in [3.63, 3.8) is 0 Å². The van der Waals surface area contributed by atoms with E-state index in [0.29, 0.717) is 22.2 Å². The van der Waals surface area contributed by atoms with Crippen LogP contribution in [0, 0.1) is 0 Å². The summed E-state index contributed by atoms with van der Waals surface area (Å²) in [4.78, 5) is 16.4. The van der Waals surface area contributed by atoms with Crippen LogP contribution in [-0.2, 0) is 16.1 Å². The SMILES string of the molecule is COc1ccc(/C=C/C(=O)OCc2cc3ccccc3nc2Cl)c(OC)c1. The molecule has 1 aromatic heterocycles. The summed E-state index contributed by atoms with van der Waals surface area (Å²) in [7, 11) is 3.13. The summed E-state index contributed by atoms with van der Waals surface area (Å²) >= 11 is 6.18. The van der Waals surface area contributed by atoms with Crippen LogP contribution in [0.15, 0.2) is 54.6 Å². The zero-order valence-electron chi connectivity index (χ0n) is 14.9. The standard InChI is InChI=1S/C21H18ClNO4/c1-25-17-9-7-14(19(12-17)26-2)8-10-20(24)27-13-16-11-15-5-3-4-6-18(15)23-21(16)22/h3-12H,13H2,1-2H3/b10-8+. The van der Waals surface area contributed by atoms with Crippen molar-refractivity contribution >= 4 is 34.5 Å². The topological polar surface area (TPSA) is 57.7 Å². The molecule has 0 radical (unpaired) electrons. The largest absolute Gasteiger partial charge is 0.497 e. The van der Waals surface area contributed by atoms with E-state index in [0.717, 1.165) is 16.5 Å². The maximum Gasteiger partial charge on any atom is 0.331 e. The first-order valence-corrected chi connectivity index (χ1v) is 8.59. The number of hydrogen-bond acceptors (Lipinski definition) is 5. The molecule has 0 aliphatic heterocycles. The molecule has 0 amide bonds. The fourth-order valence-electron chi connectivity index (χ4n) is 2.55. The lowest BCUT2D eigenvalue weighted by Crippen LogP contribution is -2.02. The maximum atomic E-state index is 12.0. The second kappa shape index (κ2) is 8.56. The summed E-state index contributed by atoms with van der Waals surface area (Å²) in [6.07, 6.45) is 2.97. The van der Waals surface area contributed by atoms with Gasteiger partial charge in [-0.15, -0.1) is 0 Å². The normalized spacial score (nSPS) is 10.9. The van der Waals surface area contributed by atoms with E-state index in [9.17, 15) is 4.79 Å². The number of nitrogens with zero attached hydrogens (tertiary/aromatic N) is 1. The Labute approximate surface area is 162 Å². The average molecular weight is 384 g/mol. The molecule has 138 valence electrons. The third-order valence-corrected chi connectivity index (χ3v) is 4.29. The minimum atomic E-state index is -0.489. The minimum absolute atomic E-state index is 0.0413. The van der Waals surface area contributed by atoms with Gasteiger partial charge < -0.3 is 14.2 Å². The number of rotatable bonds is 6. The summed E-state index contributed by atoms with van der Waals surface area (Å²) in [5, 5.41) is 1.26. The molecule has 0 saturated carbocycles. The number of para-hydroxylation sites is 1. The van der Waals surface area contributed by atoms with E-state index in [1.54, 1.807) is 38.5 Å². The molecular formula is C21H18ClNO4. The lowest BCUT2D eigenvalue weighted by atomic mass is 10.1. The summed E-state index contributed by atoms with van der Waals surface area (Å²) in [5.41, 5.74) is 2.18. The zero-order valence-corrected chi connectivity index (χ0v) is 15.7. The maximum absolute atomic E-state index is 12.0. The van der Waals surface area contributed by atoms with Gasteiger partial charge in [0.25, 0.3) is 0 Å². The summed E-state index contributed by atoms with van der Waals surface area (Å²) in [6.45, 7) is 0.0413. The first kappa shape index (κ1) is 18.7. The molecule has 0 N–H and O–H groups in total. The molecule has 0 unspecified atom stereocenters. The number of benzene rings is 2. The molecular weight excluding hydrogens is 366 g/mol. The molecule has 0 fully saturated rings. The molecule has 0 aliphatic carbocycles. The van der Waals surface area contributed by atoms with Crippen LogP contribution in [0.3, 0.4) is 0 Å². The summed E-state index contributed by atoms with van der Waals surface area (Å²) in [6, 6.07) is 14.8. The lowest BCUT2D eigenvalue weighted by molar-refractivity contribution is -0.138. The number of methoxy groups -OCH3 is 2. The van der Waals surface area contributed by atoms with Crippen LogP contribution in [-0.4, -0.2) is 25.2 Å². The van der Waals surface area contributed by atoms with Crippen LogP contribution in [0.5, 0.6) is 11.5 Å². The lowest BCUT2D eigenvalue weighted by Gasteiger charge is -2.08. The fraction of sp³-hybridized carbons (Fsp3) is 0.143. The van der Waals surface area contributed by atoms with Crippen molar-refractivity contribution in [3.8, 4) is 11.5 Å². The molecule has 5 nitrogen and oxygen atoms in total. The van der Waals surface area contributed by atoms with E-state index in [4.69, 9.17) is 25.8 Å². The Hall–Kier alpha value is -3.05. The highest BCUT2D eigenvalue weighted by Gasteiger charge is 2.08. The van der Waals surface area contributed by atoms with Gasteiger partial charge >= 0.3 is 5.97 Å². The number of hydrogen-bond donors (Lipinski definition) is 0. The smallest absolute Gasteiger partial charge is 0.331 e. The van der Waals surface area contributed by atoms with Crippen LogP contribution in [0.2, 0.25) is 5.15 Å². The van der Waals surface area contributed by atoms with Gasteiger partial charge in [0.1, 0.15) is 23.3 Å². The van der Waals surface area contributed by atoms with Gasteiger partial charge in [0.2, 0.25) is 0 Å². The van der Waals surface area contributed by atoms with Crippen molar-refractivity contribution in [2.24, 2.45) is 0 Å². The van der Waals surface area contributed by atoms with Crippen molar-refractivity contribution < 1.29 is 19.0 Å². The fourth-order valence-corrected chi connectivity index (χ4v) is 2.75. The highest BCUT2D eigenvalue weighted by Crippen LogP contribution is 2.26. The van der Waals surface area contributed by atoms with Gasteiger partial charge in [-0.05, 0) is 30.3 Å². The Morgan fingerprint density at radius 1 is 1.11 bits per heavy atom. The van der Waals surface area contributed by atoms with Gasteiger partial charge in [-0.25, -0.2) is 9.78 Å². The van der Waals surface area contributed by atoms with Crippen molar-refractivity contribution in [1.82, 2.24) is 4.98 Å². The molecule has 0 atom stereocenters. The molecule has 27 heavy (non-hydrogen) atoms. The Bertz CT molecular complexity index is 1000. The van der Waals surface area contributed by atoms with Gasteiger partial charge in [-0.3, -0.25) is 0 Å². The molecule has 3 aromatic rings. The van der Waals surface area contributed by atoms with E-state index >= 15 is 0 Å². The van der Waals surface area contributed by atoms with Gasteiger partial charge in [-0.2, -0.15) is 0 Å². The van der Waals surface area contributed by atoms with Crippen LogP contribution in [0.4, 0.5) is 0 Å². The molecule has 2 aromatic carbocycles. The Morgan fingerprint density at radius 3 is 2.70 bits per heavy atom. The van der Waals surface area contributed by atoms with Gasteiger partial charge in [0.05, 0.1) is 19.7 Å². The predicted octanol–water partition coefficient (Wildman–Crippen LogP) is 4.66.